The molecule has 1 unspecified atom stereocenters. The first-order valence-electron chi connectivity index (χ1n) is 11.6. The van der Waals surface area contributed by atoms with E-state index >= 15 is 0 Å². The van der Waals surface area contributed by atoms with Gasteiger partial charge in [-0.25, -0.2) is 0 Å². The summed E-state index contributed by atoms with van der Waals surface area (Å²) in [5, 5.41) is 11.4. The zero-order valence-corrected chi connectivity index (χ0v) is 19.8. The van der Waals surface area contributed by atoms with Crippen LogP contribution in [0.2, 0.25) is 0 Å². The van der Waals surface area contributed by atoms with Gasteiger partial charge in [0.2, 0.25) is 0 Å². The summed E-state index contributed by atoms with van der Waals surface area (Å²) in [6, 6.07) is 8.36. The van der Waals surface area contributed by atoms with Crippen molar-refractivity contribution < 1.29 is 19.4 Å². The number of ether oxygens (including phenoxy) is 1. The van der Waals surface area contributed by atoms with Gasteiger partial charge in [-0.1, -0.05) is 46.1 Å². The lowest BCUT2D eigenvalue weighted by Crippen LogP contribution is -2.40. The van der Waals surface area contributed by atoms with E-state index in [9.17, 15) is 14.7 Å². The molecule has 1 aliphatic heterocycles. The lowest BCUT2D eigenvalue weighted by molar-refractivity contribution is -0.141. The number of aliphatic hydroxyl groups excluding tert-OH is 1. The molecule has 2 heterocycles. The number of likely N-dealkylation sites (tertiary alicyclic amines) is 1. The van der Waals surface area contributed by atoms with Crippen LogP contribution in [0, 0.1) is 0 Å². The fraction of sp³-hybridized carbons (Fsp3) is 0.444. The van der Waals surface area contributed by atoms with Crippen molar-refractivity contribution >= 4 is 17.4 Å². The van der Waals surface area contributed by atoms with Gasteiger partial charge in [-0.15, -0.1) is 0 Å². The van der Waals surface area contributed by atoms with Crippen molar-refractivity contribution in [3.63, 3.8) is 0 Å². The average molecular weight is 449 g/mol. The maximum atomic E-state index is 13.3. The van der Waals surface area contributed by atoms with Crippen LogP contribution in [-0.2, 0) is 15.0 Å². The van der Waals surface area contributed by atoms with Crippen LogP contribution in [0.5, 0.6) is 5.75 Å². The second-order valence-electron chi connectivity index (χ2n) is 9.95. The van der Waals surface area contributed by atoms with Crippen LogP contribution >= 0.6 is 0 Å². The second-order valence-corrected chi connectivity index (χ2v) is 9.95. The molecule has 6 heteroatoms. The van der Waals surface area contributed by atoms with E-state index < -0.39 is 17.7 Å². The van der Waals surface area contributed by atoms with Crippen molar-refractivity contribution in [3.05, 3.63) is 65.0 Å². The number of benzene rings is 1. The van der Waals surface area contributed by atoms with Crippen LogP contribution in [0.15, 0.2) is 48.3 Å². The van der Waals surface area contributed by atoms with E-state index in [-0.39, 0.29) is 22.8 Å². The van der Waals surface area contributed by atoms with E-state index in [2.05, 4.69) is 25.8 Å². The maximum absolute atomic E-state index is 13.3. The third-order valence-corrected chi connectivity index (χ3v) is 6.73. The first-order valence-corrected chi connectivity index (χ1v) is 11.6. The van der Waals surface area contributed by atoms with Gasteiger partial charge in [0.25, 0.3) is 11.7 Å². The van der Waals surface area contributed by atoms with Gasteiger partial charge >= 0.3 is 0 Å². The number of carbonyl (C=O) groups excluding carboxylic acids is 2. The van der Waals surface area contributed by atoms with Crippen LogP contribution in [0.1, 0.15) is 75.6 Å². The SMILES string of the molecule is COc1ccc(/C(O)=C2/C(=O)C(=O)N(C3CCCCC3)C2c2cccnc2)cc1C(C)(C)C. The Bertz CT molecular complexity index is 1080. The summed E-state index contributed by atoms with van der Waals surface area (Å²) < 4.78 is 5.52. The second kappa shape index (κ2) is 9.00. The fourth-order valence-electron chi connectivity index (χ4n) is 5.05. The minimum atomic E-state index is -0.651. The smallest absolute Gasteiger partial charge is 0.295 e. The number of Topliss-reactive ketones (excluding diaryl/α,β-unsaturated/α-hetero) is 1. The number of amides is 1. The predicted molar refractivity (Wildman–Crippen MR) is 127 cm³/mol. The Kier molecular flexibility index (Phi) is 6.28. The number of methoxy groups -OCH3 is 1. The summed E-state index contributed by atoms with van der Waals surface area (Å²) in [6.45, 7) is 6.19. The van der Waals surface area contributed by atoms with E-state index in [0.717, 1.165) is 43.2 Å². The van der Waals surface area contributed by atoms with E-state index in [0.29, 0.717) is 11.3 Å². The molecule has 2 aromatic rings. The lowest BCUT2D eigenvalue weighted by atomic mass is 9.84. The summed E-state index contributed by atoms with van der Waals surface area (Å²) in [4.78, 5) is 32.5. The molecule has 4 rings (SSSR count). The van der Waals surface area contributed by atoms with Crippen LogP contribution in [0.4, 0.5) is 0 Å². The minimum absolute atomic E-state index is 0.0216. The van der Waals surface area contributed by atoms with Gasteiger partial charge in [-0.05, 0) is 48.1 Å². The van der Waals surface area contributed by atoms with Crippen molar-refractivity contribution in [2.24, 2.45) is 0 Å². The fourth-order valence-corrected chi connectivity index (χ4v) is 5.05. The van der Waals surface area contributed by atoms with Gasteiger partial charge in [0.05, 0.1) is 18.7 Å². The Labute approximate surface area is 195 Å². The van der Waals surface area contributed by atoms with E-state index in [1.807, 2.05) is 12.1 Å². The Morgan fingerprint density at radius 3 is 2.45 bits per heavy atom. The number of hydrogen-bond donors (Lipinski definition) is 1. The minimum Gasteiger partial charge on any atom is -0.507 e. The van der Waals surface area contributed by atoms with Crippen LogP contribution in [0.25, 0.3) is 5.76 Å². The topological polar surface area (TPSA) is 79.7 Å². The highest BCUT2D eigenvalue weighted by molar-refractivity contribution is 6.46. The van der Waals surface area contributed by atoms with Gasteiger partial charge in [0.15, 0.2) is 0 Å². The molecule has 1 saturated heterocycles. The number of aromatic nitrogens is 1. The first-order chi connectivity index (χ1) is 15.7. The Morgan fingerprint density at radius 1 is 1.12 bits per heavy atom. The molecule has 2 fully saturated rings. The van der Waals surface area contributed by atoms with Crippen LogP contribution in [0.3, 0.4) is 0 Å². The molecule has 1 N–H and O–H groups in total. The molecule has 0 bridgehead atoms. The lowest BCUT2D eigenvalue weighted by Gasteiger charge is -2.35. The van der Waals surface area contributed by atoms with Crippen molar-refractivity contribution in [1.29, 1.82) is 0 Å². The summed E-state index contributed by atoms with van der Waals surface area (Å²) in [7, 11) is 1.61. The number of ketones is 1. The molecular weight excluding hydrogens is 416 g/mol. The highest BCUT2D eigenvalue weighted by atomic mass is 16.5. The molecule has 0 radical (unpaired) electrons. The van der Waals surface area contributed by atoms with Gasteiger partial charge in [0.1, 0.15) is 11.5 Å². The molecule has 1 atom stereocenters. The Balaban J connectivity index is 1.88. The molecule has 174 valence electrons. The number of carbonyl (C=O) groups is 2. The van der Waals surface area contributed by atoms with Crippen LogP contribution < -0.4 is 4.74 Å². The van der Waals surface area contributed by atoms with Crippen LogP contribution in [-0.4, -0.2) is 39.8 Å². The molecule has 1 aromatic heterocycles. The summed E-state index contributed by atoms with van der Waals surface area (Å²) in [5.41, 5.74) is 2.03. The molecule has 1 amide bonds. The highest BCUT2D eigenvalue weighted by Crippen LogP contribution is 2.43. The number of nitrogens with zero attached hydrogens (tertiary/aromatic N) is 2. The molecule has 6 nitrogen and oxygen atoms in total. The molecule has 0 spiro atoms. The van der Waals surface area contributed by atoms with Crippen molar-refractivity contribution in [2.45, 2.75) is 70.4 Å². The molecule has 2 aliphatic rings. The Hall–Kier alpha value is -3.15. The molecule has 33 heavy (non-hydrogen) atoms. The maximum Gasteiger partial charge on any atom is 0.295 e. The monoisotopic (exact) mass is 448 g/mol. The first kappa shape index (κ1) is 23.0. The van der Waals surface area contributed by atoms with Gasteiger partial charge in [0, 0.05) is 29.6 Å². The molecule has 1 saturated carbocycles. The van der Waals surface area contributed by atoms with Gasteiger partial charge in [-0.2, -0.15) is 0 Å². The van der Waals surface area contributed by atoms with Crippen molar-refractivity contribution in [2.75, 3.05) is 7.11 Å². The van der Waals surface area contributed by atoms with E-state index in [1.54, 1.807) is 42.6 Å². The number of rotatable bonds is 4. The number of pyridine rings is 1. The zero-order chi connectivity index (χ0) is 23.8. The standard InChI is InChI=1S/C27H32N2O4/c1-27(2,3)20-15-17(12-13-21(20)33-4)24(30)22-23(18-9-8-14-28-16-18)29(26(32)25(22)31)19-10-6-5-7-11-19/h8-9,12-16,19,23,30H,5-7,10-11H2,1-4H3/b24-22-. The third kappa shape index (κ3) is 4.26. The van der Waals surface area contributed by atoms with Gasteiger partial charge in [-0.3, -0.25) is 14.6 Å². The quantitative estimate of drug-likeness (QED) is 0.398. The zero-order valence-electron chi connectivity index (χ0n) is 19.8. The third-order valence-electron chi connectivity index (χ3n) is 6.73. The van der Waals surface area contributed by atoms with E-state index in [4.69, 9.17) is 4.74 Å². The normalized spacial score (nSPS) is 21.5. The summed E-state index contributed by atoms with van der Waals surface area (Å²) >= 11 is 0. The molecule has 1 aromatic carbocycles. The van der Waals surface area contributed by atoms with E-state index in [1.165, 1.54) is 0 Å². The Morgan fingerprint density at radius 2 is 1.85 bits per heavy atom. The largest absolute Gasteiger partial charge is 0.507 e. The number of aliphatic hydroxyl groups is 1. The highest BCUT2D eigenvalue weighted by Gasteiger charge is 2.49. The molecular formula is C27H32N2O4. The predicted octanol–water partition coefficient (Wildman–Crippen LogP) is 5.14. The average Bonchev–Trinajstić information content (AvgIpc) is 3.09. The summed E-state index contributed by atoms with van der Waals surface area (Å²) in [6.07, 6.45) is 8.26. The van der Waals surface area contributed by atoms with Crippen molar-refractivity contribution in [1.82, 2.24) is 9.88 Å². The van der Waals surface area contributed by atoms with Gasteiger partial charge < -0.3 is 14.7 Å². The number of hydrogen-bond acceptors (Lipinski definition) is 5. The molecule has 1 aliphatic carbocycles. The summed E-state index contributed by atoms with van der Waals surface area (Å²) in [5.74, 6) is -0.624. The van der Waals surface area contributed by atoms with Crippen molar-refractivity contribution in [3.8, 4) is 5.75 Å².